The second-order valence-corrected chi connectivity index (χ2v) is 7.64. The van der Waals surface area contributed by atoms with Gasteiger partial charge in [0.05, 0.1) is 5.69 Å². The quantitative estimate of drug-likeness (QED) is 0.856. The smallest absolute Gasteiger partial charge is 0.271 e. The van der Waals surface area contributed by atoms with Crippen molar-refractivity contribution in [2.24, 2.45) is 0 Å². The second-order valence-electron chi connectivity index (χ2n) is 4.57. The zero-order chi connectivity index (χ0) is 15.5. The number of benzene rings is 1. The molecule has 114 valence electrons. The summed E-state index contributed by atoms with van der Waals surface area (Å²) in [7, 11) is -3.68. The van der Waals surface area contributed by atoms with E-state index in [4.69, 9.17) is 0 Å². The van der Waals surface area contributed by atoms with Crippen LogP contribution in [-0.4, -0.2) is 15.0 Å². The first kappa shape index (κ1) is 15.9. The molecule has 0 aliphatic heterocycles. The fourth-order valence-corrected chi connectivity index (χ4v) is 4.19. The van der Waals surface area contributed by atoms with E-state index < -0.39 is 15.8 Å². The number of halogens is 1. The third-order valence-corrected chi connectivity index (χ3v) is 5.84. The summed E-state index contributed by atoms with van der Waals surface area (Å²) in [6, 6.07) is 7.36. The minimum Gasteiger partial charge on any atom is -0.312 e. The van der Waals surface area contributed by atoms with Crippen molar-refractivity contribution in [1.29, 1.82) is 0 Å². The Morgan fingerprint density at radius 1 is 1.24 bits per heavy atom. The third-order valence-electron chi connectivity index (χ3n) is 2.90. The van der Waals surface area contributed by atoms with Gasteiger partial charge in [-0.3, -0.25) is 4.72 Å². The number of thiophene rings is 1. The van der Waals surface area contributed by atoms with Gasteiger partial charge in [-0.25, -0.2) is 12.8 Å². The molecule has 0 bridgehead atoms. The summed E-state index contributed by atoms with van der Waals surface area (Å²) in [6.45, 7) is 5.16. The molecule has 0 saturated carbocycles. The van der Waals surface area contributed by atoms with Crippen molar-refractivity contribution in [2.45, 2.75) is 24.6 Å². The first-order valence-electron chi connectivity index (χ1n) is 6.51. The van der Waals surface area contributed by atoms with Crippen LogP contribution >= 0.6 is 11.3 Å². The topological polar surface area (TPSA) is 58.2 Å². The highest BCUT2D eigenvalue weighted by Crippen LogP contribution is 2.25. The van der Waals surface area contributed by atoms with Crippen LogP contribution in [0.3, 0.4) is 0 Å². The molecule has 0 unspecified atom stereocenters. The average molecular weight is 328 g/mol. The molecule has 0 fully saturated rings. The summed E-state index contributed by atoms with van der Waals surface area (Å²) in [4.78, 5) is 0.938. The van der Waals surface area contributed by atoms with Crippen molar-refractivity contribution in [3.63, 3.8) is 0 Å². The van der Waals surface area contributed by atoms with Gasteiger partial charge in [0.15, 0.2) is 0 Å². The molecular formula is C14H17FN2O2S2. The Labute approximate surface area is 128 Å². The van der Waals surface area contributed by atoms with Gasteiger partial charge in [-0.15, -0.1) is 11.3 Å². The van der Waals surface area contributed by atoms with Gasteiger partial charge in [-0.05, 0) is 43.3 Å². The number of anilines is 1. The predicted octanol–water partition coefficient (Wildman–Crippen LogP) is 3.11. The molecule has 7 heteroatoms. The van der Waals surface area contributed by atoms with Crippen molar-refractivity contribution in [3.8, 4) is 0 Å². The molecule has 2 aromatic rings. The van der Waals surface area contributed by atoms with Crippen molar-refractivity contribution in [3.05, 3.63) is 46.6 Å². The van der Waals surface area contributed by atoms with Crippen LogP contribution < -0.4 is 10.0 Å². The highest BCUT2D eigenvalue weighted by atomic mass is 32.2. The molecule has 4 nitrogen and oxygen atoms in total. The van der Waals surface area contributed by atoms with E-state index in [-0.39, 0.29) is 9.90 Å². The molecule has 0 saturated heterocycles. The number of hydrogen-bond acceptors (Lipinski definition) is 4. The number of hydrogen-bond donors (Lipinski definition) is 2. The van der Waals surface area contributed by atoms with Gasteiger partial charge in [-0.1, -0.05) is 13.0 Å². The van der Waals surface area contributed by atoms with Gasteiger partial charge < -0.3 is 5.32 Å². The maximum Gasteiger partial charge on any atom is 0.271 e. The summed E-state index contributed by atoms with van der Waals surface area (Å²) in [5, 5.41) is 3.14. The van der Waals surface area contributed by atoms with Crippen LogP contribution in [0.1, 0.15) is 17.4 Å². The van der Waals surface area contributed by atoms with Crippen LogP contribution in [0.5, 0.6) is 0 Å². The van der Waals surface area contributed by atoms with Crippen molar-refractivity contribution in [1.82, 2.24) is 5.32 Å². The van der Waals surface area contributed by atoms with E-state index in [0.29, 0.717) is 12.1 Å². The zero-order valence-corrected chi connectivity index (χ0v) is 13.4. The lowest BCUT2D eigenvalue weighted by Crippen LogP contribution is -2.12. The SMILES string of the molecule is CCNCc1ccc(S(=O)(=O)Nc2cc(F)ccc2C)s1. The monoisotopic (exact) mass is 328 g/mol. The van der Waals surface area contributed by atoms with E-state index in [1.165, 1.54) is 29.5 Å². The Kier molecular flexibility index (Phi) is 4.97. The summed E-state index contributed by atoms with van der Waals surface area (Å²) >= 11 is 1.20. The Morgan fingerprint density at radius 2 is 2.00 bits per heavy atom. The van der Waals surface area contributed by atoms with E-state index >= 15 is 0 Å². The van der Waals surface area contributed by atoms with Crippen molar-refractivity contribution in [2.75, 3.05) is 11.3 Å². The minimum atomic E-state index is -3.68. The maximum absolute atomic E-state index is 13.2. The Balaban J connectivity index is 2.22. The number of aryl methyl sites for hydroxylation is 1. The molecule has 1 heterocycles. The molecular weight excluding hydrogens is 311 g/mol. The normalized spacial score (nSPS) is 11.6. The fourth-order valence-electron chi connectivity index (χ4n) is 1.75. The van der Waals surface area contributed by atoms with Gasteiger partial charge in [0, 0.05) is 11.4 Å². The molecule has 0 atom stereocenters. The molecule has 0 amide bonds. The van der Waals surface area contributed by atoms with E-state index in [1.54, 1.807) is 19.1 Å². The van der Waals surface area contributed by atoms with Gasteiger partial charge >= 0.3 is 0 Å². The highest BCUT2D eigenvalue weighted by Gasteiger charge is 2.18. The fraction of sp³-hybridized carbons (Fsp3) is 0.286. The molecule has 21 heavy (non-hydrogen) atoms. The summed E-state index contributed by atoms with van der Waals surface area (Å²) in [6.07, 6.45) is 0. The molecule has 0 aliphatic carbocycles. The molecule has 0 spiro atoms. The molecule has 0 aliphatic rings. The first-order chi connectivity index (χ1) is 9.92. The number of nitrogens with one attached hydrogen (secondary N) is 2. The second kappa shape index (κ2) is 6.55. The van der Waals surface area contributed by atoms with Gasteiger partial charge in [0.1, 0.15) is 10.0 Å². The Bertz CT molecular complexity index is 726. The van der Waals surface area contributed by atoms with Crippen LogP contribution in [0.15, 0.2) is 34.5 Å². The lowest BCUT2D eigenvalue weighted by molar-refractivity contribution is 0.603. The van der Waals surface area contributed by atoms with E-state index in [1.807, 2.05) is 6.92 Å². The lowest BCUT2D eigenvalue weighted by Gasteiger charge is -2.09. The third kappa shape index (κ3) is 4.03. The van der Waals surface area contributed by atoms with Crippen LogP contribution in [0.25, 0.3) is 0 Å². The summed E-state index contributed by atoms with van der Waals surface area (Å²) in [5.41, 5.74) is 0.932. The molecule has 2 rings (SSSR count). The minimum absolute atomic E-state index is 0.221. The molecule has 1 aromatic carbocycles. The van der Waals surface area contributed by atoms with Crippen LogP contribution in [0.4, 0.5) is 10.1 Å². The lowest BCUT2D eigenvalue weighted by atomic mass is 10.2. The van der Waals surface area contributed by atoms with E-state index in [2.05, 4.69) is 10.0 Å². The Morgan fingerprint density at radius 3 is 2.71 bits per heavy atom. The van der Waals surface area contributed by atoms with Crippen molar-refractivity contribution < 1.29 is 12.8 Å². The Hall–Kier alpha value is -1.44. The number of sulfonamides is 1. The standard InChI is InChI=1S/C14H17FN2O2S2/c1-3-16-9-12-6-7-14(20-12)21(18,19)17-13-8-11(15)5-4-10(13)2/h4-8,16-17H,3,9H2,1-2H3. The summed E-state index contributed by atoms with van der Waals surface area (Å²) < 4.78 is 40.5. The first-order valence-corrected chi connectivity index (χ1v) is 8.80. The summed E-state index contributed by atoms with van der Waals surface area (Å²) in [5.74, 6) is -0.475. The largest absolute Gasteiger partial charge is 0.312 e. The van der Waals surface area contributed by atoms with Crippen LogP contribution in [0, 0.1) is 12.7 Å². The molecule has 2 N–H and O–H groups in total. The maximum atomic E-state index is 13.2. The highest BCUT2D eigenvalue weighted by molar-refractivity contribution is 7.94. The van der Waals surface area contributed by atoms with Gasteiger partial charge in [-0.2, -0.15) is 0 Å². The van der Waals surface area contributed by atoms with E-state index in [0.717, 1.165) is 11.4 Å². The van der Waals surface area contributed by atoms with Gasteiger partial charge in [0.25, 0.3) is 10.0 Å². The average Bonchev–Trinajstić information content (AvgIpc) is 2.90. The number of rotatable bonds is 6. The zero-order valence-electron chi connectivity index (χ0n) is 11.8. The van der Waals surface area contributed by atoms with Crippen molar-refractivity contribution >= 4 is 27.0 Å². The predicted molar refractivity (Wildman–Crippen MR) is 83.6 cm³/mol. The van der Waals surface area contributed by atoms with E-state index in [9.17, 15) is 12.8 Å². The molecule has 0 radical (unpaired) electrons. The van der Waals surface area contributed by atoms with Gasteiger partial charge in [0.2, 0.25) is 0 Å². The molecule has 1 aromatic heterocycles. The van der Waals surface area contributed by atoms with Crippen LogP contribution in [-0.2, 0) is 16.6 Å². The van der Waals surface area contributed by atoms with Crippen LogP contribution in [0.2, 0.25) is 0 Å².